The third-order valence-electron chi connectivity index (χ3n) is 6.17. The molecular weight excluding hydrogens is 443 g/mol. The van der Waals surface area contributed by atoms with Gasteiger partial charge < -0.3 is 19.9 Å². The van der Waals surface area contributed by atoms with E-state index in [0.29, 0.717) is 43.4 Å². The van der Waals surface area contributed by atoms with Crippen LogP contribution in [0.25, 0.3) is 0 Å². The number of piperazine rings is 1. The predicted octanol–water partition coefficient (Wildman–Crippen LogP) is 3.99. The summed E-state index contributed by atoms with van der Waals surface area (Å²) in [6, 6.07) is 11.2. The highest BCUT2D eigenvalue weighted by Crippen LogP contribution is 2.40. The van der Waals surface area contributed by atoms with E-state index in [1.165, 1.54) is 6.07 Å². The molecule has 4 rings (SSSR count). The monoisotopic (exact) mass is 467 g/mol. The fourth-order valence-corrected chi connectivity index (χ4v) is 4.72. The summed E-state index contributed by atoms with van der Waals surface area (Å²) in [5.41, 5.74) is 1.65. The molecule has 2 aliphatic heterocycles. The molecule has 0 bridgehead atoms. The highest BCUT2D eigenvalue weighted by molar-refractivity contribution is 6.30. The molecule has 0 aromatic heterocycles. The van der Waals surface area contributed by atoms with Gasteiger partial charge in [-0.3, -0.25) is 4.79 Å². The molecule has 1 fully saturated rings. The van der Waals surface area contributed by atoms with Crippen molar-refractivity contribution in [2.24, 2.45) is 5.92 Å². The molecule has 0 saturated carbocycles. The van der Waals surface area contributed by atoms with E-state index < -0.39 is 17.7 Å². The minimum absolute atomic E-state index is 0.161. The first-order valence-electron chi connectivity index (χ1n) is 10.5. The summed E-state index contributed by atoms with van der Waals surface area (Å²) in [6.45, 7) is 2.61. The molecule has 5 nitrogen and oxygen atoms in total. The number of carbonyl (C=O) groups is 1. The predicted molar refractivity (Wildman–Crippen MR) is 118 cm³/mol. The first-order valence-corrected chi connectivity index (χ1v) is 10.9. The molecule has 2 aliphatic rings. The van der Waals surface area contributed by atoms with Crippen molar-refractivity contribution in [3.05, 3.63) is 58.6 Å². The number of nitrogens with one attached hydrogen (secondary N) is 1. The maximum atomic E-state index is 13.3. The Bertz CT molecular complexity index is 968. The Balaban J connectivity index is 1.64. The molecule has 0 unspecified atom stereocenters. The number of ether oxygens (including phenoxy) is 1. The van der Waals surface area contributed by atoms with Gasteiger partial charge in [0.25, 0.3) is 0 Å². The van der Waals surface area contributed by atoms with Gasteiger partial charge in [-0.1, -0.05) is 11.6 Å². The number of halogens is 4. The van der Waals surface area contributed by atoms with Gasteiger partial charge in [-0.15, -0.1) is 0 Å². The summed E-state index contributed by atoms with van der Waals surface area (Å²) in [5, 5.41) is 3.52. The highest BCUT2D eigenvalue weighted by Gasteiger charge is 2.42. The Kier molecular flexibility index (Phi) is 6.53. The fraction of sp³-hybridized carbons (Fsp3) is 0.435. The first kappa shape index (κ1) is 22.7. The number of benzene rings is 2. The first-order chi connectivity index (χ1) is 15.3. The van der Waals surface area contributed by atoms with Gasteiger partial charge in [0.05, 0.1) is 24.1 Å². The minimum atomic E-state index is -4.42. The molecule has 0 aliphatic carbocycles. The zero-order chi connectivity index (χ0) is 22.9. The SMILES string of the molecule is COCCNC(=O)[C@H]1Cc2cc(C(F)(F)F)ccc2N2CCN(c3ccc(Cl)cc3)C[C@@H]12. The van der Waals surface area contributed by atoms with Crippen molar-refractivity contribution in [2.45, 2.75) is 18.6 Å². The molecule has 32 heavy (non-hydrogen) atoms. The molecule has 9 heteroatoms. The summed E-state index contributed by atoms with van der Waals surface area (Å²) in [4.78, 5) is 17.3. The number of rotatable bonds is 5. The molecule has 0 spiro atoms. The lowest BCUT2D eigenvalue weighted by Crippen LogP contribution is -2.61. The number of hydrogen-bond donors (Lipinski definition) is 1. The lowest BCUT2D eigenvalue weighted by molar-refractivity contribution is -0.137. The van der Waals surface area contributed by atoms with Crippen molar-refractivity contribution in [2.75, 3.05) is 49.7 Å². The van der Waals surface area contributed by atoms with Crippen LogP contribution in [0.2, 0.25) is 5.02 Å². The smallest absolute Gasteiger partial charge is 0.383 e. The van der Waals surface area contributed by atoms with Gasteiger partial charge in [0.15, 0.2) is 0 Å². The average molecular weight is 468 g/mol. The second-order valence-electron chi connectivity index (χ2n) is 8.12. The largest absolute Gasteiger partial charge is 0.416 e. The van der Waals surface area contributed by atoms with Crippen LogP contribution in [0, 0.1) is 5.92 Å². The van der Waals surface area contributed by atoms with Crippen LogP contribution in [0.3, 0.4) is 0 Å². The number of anilines is 2. The lowest BCUT2D eigenvalue weighted by atomic mass is 9.82. The van der Waals surface area contributed by atoms with Crippen LogP contribution in [0.1, 0.15) is 11.1 Å². The van der Waals surface area contributed by atoms with Gasteiger partial charge >= 0.3 is 6.18 Å². The van der Waals surface area contributed by atoms with Crippen LogP contribution >= 0.6 is 11.6 Å². The van der Waals surface area contributed by atoms with Crippen molar-refractivity contribution in [3.63, 3.8) is 0 Å². The third-order valence-corrected chi connectivity index (χ3v) is 6.43. The van der Waals surface area contributed by atoms with E-state index in [1.807, 2.05) is 24.3 Å². The highest BCUT2D eigenvalue weighted by atomic mass is 35.5. The van der Waals surface area contributed by atoms with Crippen LogP contribution in [-0.2, 0) is 22.1 Å². The van der Waals surface area contributed by atoms with Crippen LogP contribution in [0.5, 0.6) is 0 Å². The number of alkyl halides is 3. The number of fused-ring (bicyclic) bond motifs is 3. The van der Waals surface area contributed by atoms with E-state index >= 15 is 0 Å². The van der Waals surface area contributed by atoms with Crippen LogP contribution in [0.15, 0.2) is 42.5 Å². The normalized spacial score (nSPS) is 20.5. The number of nitrogens with zero attached hydrogens (tertiary/aromatic N) is 2. The maximum absolute atomic E-state index is 13.3. The summed E-state index contributed by atoms with van der Waals surface area (Å²) < 4.78 is 44.9. The number of hydrogen-bond acceptors (Lipinski definition) is 4. The van der Waals surface area contributed by atoms with Gasteiger partial charge in [0.1, 0.15) is 0 Å². The topological polar surface area (TPSA) is 44.8 Å². The van der Waals surface area contributed by atoms with Gasteiger partial charge in [-0.2, -0.15) is 13.2 Å². The van der Waals surface area contributed by atoms with Crippen molar-refractivity contribution in [3.8, 4) is 0 Å². The van der Waals surface area contributed by atoms with Crippen molar-refractivity contribution >= 4 is 28.9 Å². The van der Waals surface area contributed by atoms with Crippen LogP contribution in [0.4, 0.5) is 24.5 Å². The van der Waals surface area contributed by atoms with E-state index in [2.05, 4.69) is 15.1 Å². The van der Waals surface area contributed by atoms with E-state index in [1.54, 1.807) is 13.2 Å². The molecule has 2 atom stereocenters. The zero-order valence-corrected chi connectivity index (χ0v) is 18.4. The van der Waals surface area contributed by atoms with E-state index in [-0.39, 0.29) is 18.4 Å². The molecule has 2 aromatic carbocycles. The van der Waals surface area contributed by atoms with E-state index in [9.17, 15) is 18.0 Å². The van der Waals surface area contributed by atoms with Gasteiger partial charge in [0, 0.05) is 49.7 Å². The zero-order valence-electron chi connectivity index (χ0n) is 17.7. The second-order valence-corrected chi connectivity index (χ2v) is 8.56. The quantitative estimate of drug-likeness (QED) is 0.675. The second kappa shape index (κ2) is 9.19. The molecule has 2 heterocycles. The molecule has 1 N–H and O–H groups in total. The molecule has 2 aromatic rings. The van der Waals surface area contributed by atoms with Gasteiger partial charge in [0.2, 0.25) is 5.91 Å². The Morgan fingerprint density at radius 2 is 1.94 bits per heavy atom. The number of amides is 1. The standard InChI is InChI=1S/C23H25ClF3N3O2/c1-32-11-8-28-22(31)19-13-15-12-16(23(25,26)27)2-7-20(15)30-10-9-29(14-21(19)30)18-5-3-17(24)4-6-18/h2-7,12,19,21H,8-11,13-14H2,1H3,(H,28,31)/t19-,21-/m0/s1. The lowest BCUT2D eigenvalue weighted by Gasteiger charge is -2.49. The Labute approximate surface area is 190 Å². The molecule has 0 radical (unpaired) electrons. The summed E-state index contributed by atoms with van der Waals surface area (Å²) in [5.74, 6) is -0.643. The van der Waals surface area contributed by atoms with E-state index in [0.717, 1.165) is 17.4 Å². The maximum Gasteiger partial charge on any atom is 0.416 e. The number of methoxy groups -OCH3 is 1. The Hall–Kier alpha value is -2.45. The van der Waals surface area contributed by atoms with Crippen LogP contribution < -0.4 is 15.1 Å². The average Bonchev–Trinajstić information content (AvgIpc) is 2.77. The van der Waals surface area contributed by atoms with E-state index in [4.69, 9.17) is 16.3 Å². The number of carbonyl (C=O) groups excluding carboxylic acids is 1. The third kappa shape index (κ3) is 4.66. The van der Waals surface area contributed by atoms with Crippen molar-refractivity contribution in [1.82, 2.24) is 5.32 Å². The fourth-order valence-electron chi connectivity index (χ4n) is 4.59. The van der Waals surface area contributed by atoms with Gasteiger partial charge in [-0.25, -0.2) is 0 Å². The minimum Gasteiger partial charge on any atom is -0.383 e. The molecule has 1 amide bonds. The molecule has 172 valence electrons. The summed E-state index contributed by atoms with van der Waals surface area (Å²) in [6.07, 6.45) is -4.16. The van der Waals surface area contributed by atoms with Crippen LogP contribution in [-0.4, -0.2) is 51.8 Å². The summed E-state index contributed by atoms with van der Waals surface area (Å²) >= 11 is 6.02. The van der Waals surface area contributed by atoms with Crippen molar-refractivity contribution < 1.29 is 22.7 Å². The Morgan fingerprint density at radius 1 is 1.19 bits per heavy atom. The summed E-state index contributed by atoms with van der Waals surface area (Å²) in [7, 11) is 1.55. The molecular formula is C23H25ClF3N3O2. The Morgan fingerprint density at radius 3 is 2.62 bits per heavy atom. The van der Waals surface area contributed by atoms with Crippen molar-refractivity contribution in [1.29, 1.82) is 0 Å². The molecule has 1 saturated heterocycles. The van der Waals surface area contributed by atoms with Gasteiger partial charge in [-0.05, 0) is 54.4 Å².